The van der Waals surface area contributed by atoms with Gasteiger partial charge in [0.25, 0.3) is 0 Å². The number of hydrogen-bond donors (Lipinski definition) is 0. The molecule has 0 aliphatic rings. The molecule has 5 heteroatoms. The van der Waals surface area contributed by atoms with Gasteiger partial charge in [-0.05, 0) is 48.2 Å². The molecule has 0 unspecified atom stereocenters. The molecule has 0 bridgehead atoms. The number of benzene rings is 3. The van der Waals surface area contributed by atoms with Gasteiger partial charge in [-0.25, -0.2) is 4.98 Å². The molecule has 30 heavy (non-hydrogen) atoms. The highest BCUT2D eigenvalue weighted by molar-refractivity contribution is 7.22. The van der Waals surface area contributed by atoms with Gasteiger partial charge in [0, 0.05) is 0 Å². The highest BCUT2D eigenvalue weighted by Gasteiger charge is 2.21. The van der Waals surface area contributed by atoms with Crippen LogP contribution in [-0.4, -0.2) is 18.0 Å². The molecule has 0 fully saturated rings. The van der Waals surface area contributed by atoms with Crippen LogP contribution in [0.4, 0.5) is 5.13 Å². The van der Waals surface area contributed by atoms with Crippen molar-refractivity contribution >= 4 is 32.6 Å². The van der Waals surface area contributed by atoms with Crippen LogP contribution in [0, 0.1) is 13.8 Å². The number of carbonyl (C=O) groups is 1. The van der Waals surface area contributed by atoms with Crippen LogP contribution in [0.25, 0.3) is 10.2 Å². The molecular formula is C25H24N2O2S. The number of amides is 1. The minimum absolute atomic E-state index is 0.0263. The fourth-order valence-electron chi connectivity index (χ4n) is 3.41. The van der Waals surface area contributed by atoms with Crippen molar-refractivity contribution in [2.45, 2.75) is 26.8 Å². The summed E-state index contributed by atoms with van der Waals surface area (Å²) in [7, 11) is 1.64. The predicted octanol–water partition coefficient (Wildman–Crippen LogP) is 5.70. The fraction of sp³-hybridized carbons (Fsp3) is 0.200. The number of aryl methyl sites for hydroxylation is 2. The molecule has 4 aromatic rings. The lowest BCUT2D eigenvalue weighted by atomic mass is 10.1. The molecule has 0 aliphatic heterocycles. The normalized spacial score (nSPS) is 10.9. The lowest BCUT2D eigenvalue weighted by Crippen LogP contribution is -2.31. The topological polar surface area (TPSA) is 42.4 Å². The van der Waals surface area contributed by atoms with Gasteiger partial charge in [0.15, 0.2) is 5.13 Å². The number of thiazole rings is 1. The van der Waals surface area contributed by atoms with Crippen molar-refractivity contribution in [2.75, 3.05) is 12.0 Å². The van der Waals surface area contributed by atoms with E-state index in [2.05, 4.69) is 26.0 Å². The van der Waals surface area contributed by atoms with E-state index in [1.165, 1.54) is 5.56 Å². The molecule has 4 nitrogen and oxygen atoms in total. The molecule has 4 rings (SSSR count). The van der Waals surface area contributed by atoms with E-state index < -0.39 is 0 Å². The first-order valence-corrected chi connectivity index (χ1v) is 10.7. The maximum atomic E-state index is 13.4. The monoisotopic (exact) mass is 416 g/mol. The van der Waals surface area contributed by atoms with Gasteiger partial charge in [0.2, 0.25) is 5.91 Å². The van der Waals surface area contributed by atoms with Gasteiger partial charge in [0.05, 0.1) is 30.3 Å². The summed E-state index contributed by atoms with van der Waals surface area (Å²) in [6, 6.07) is 21.9. The van der Waals surface area contributed by atoms with Crippen LogP contribution >= 0.6 is 11.3 Å². The number of methoxy groups -OCH3 is 1. The summed E-state index contributed by atoms with van der Waals surface area (Å²) in [6.07, 6.45) is 0.310. The average molecular weight is 417 g/mol. The first-order chi connectivity index (χ1) is 14.5. The molecule has 0 radical (unpaired) electrons. The van der Waals surface area contributed by atoms with Crippen LogP contribution in [0.2, 0.25) is 0 Å². The third-order valence-electron chi connectivity index (χ3n) is 5.16. The van der Waals surface area contributed by atoms with Gasteiger partial charge in [-0.15, -0.1) is 0 Å². The number of rotatable bonds is 6. The maximum absolute atomic E-state index is 13.4. The summed E-state index contributed by atoms with van der Waals surface area (Å²) in [5.74, 6) is 0.808. The van der Waals surface area contributed by atoms with Gasteiger partial charge in [-0.1, -0.05) is 65.9 Å². The summed E-state index contributed by atoms with van der Waals surface area (Å²) in [4.78, 5) is 20.1. The lowest BCUT2D eigenvalue weighted by molar-refractivity contribution is -0.118. The number of fused-ring (bicyclic) bond motifs is 1. The minimum atomic E-state index is 0.0263. The molecule has 3 aromatic carbocycles. The van der Waals surface area contributed by atoms with Crippen molar-refractivity contribution in [3.05, 3.63) is 89.0 Å². The van der Waals surface area contributed by atoms with Crippen LogP contribution in [0.3, 0.4) is 0 Å². The number of carbonyl (C=O) groups excluding carboxylic acids is 1. The second-order valence-electron chi connectivity index (χ2n) is 7.36. The SMILES string of the molecule is COc1ccc(CC(=O)N(Cc2ccccc2)c2nc3c(C)ccc(C)c3s2)cc1. The molecule has 1 amide bonds. The van der Waals surface area contributed by atoms with Crippen molar-refractivity contribution in [2.24, 2.45) is 0 Å². The van der Waals surface area contributed by atoms with Gasteiger partial charge >= 0.3 is 0 Å². The lowest BCUT2D eigenvalue weighted by Gasteiger charge is -2.20. The molecule has 0 saturated heterocycles. The first-order valence-electron chi connectivity index (χ1n) is 9.89. The Morgan fingerprint density at radius 1 is 0.933 bits per heavy atom. The molecule has 0 atom stereocenters. The number of hydrogen-bond acceptors (Lipinski definition) is 4. The van der Waals surface area contributed by atoms with Gasteiger partial charge < -0.3 is 4.74 Å². The minimum Gasteiger partial charge on any atom is -0.497 e. The van der Waals surface area contributed by atoms with E-state index in [9.17, 15) is 4.79 Å². The third kappa shape index (κ3) is 4.21. The van der Waals surface area contributed by atoms with Crippen molar-refractivity contribution < 1.29 is 9.53 Å². The molecule has 1 aromatic heterocycles. The zero-order valence-corrected chi connectivity index (χ0v) is 18.2. The largest absolute Gasteiger partial charge is 0.497 e. The summed E-state index contributed by atoms with van der Waals surface area (Å²) in [5.41, 5.74) is 5.31. The van der Waals surface area contributed by atoms with E-state index in [1.807, 2.05) is 59.5 Å². The van der Waals surface area contributed by atoms with E-state index in [-0.39, 0.29) is 5.91 Å². The fourth-order valence-corrected chi connectivity index (χ4v) is 4.53. The van der Waals surface area contributed by atoms with Crippen LogP contribution < -0.4 is 9.64 Å². The van der Waals surface area contributed by atoms with Crippen molar-refractivity contribution in [1.82, 2.24) is 4.98 Å². The summed E-state index contributed by atoms with van der Waals surface area (Å²) < 4.78 is 6.36. The summed E-state index contributed by atoms with van der Waals surface area (Å²) in [6.45, 7) is 4.64. The van der Waals surface area contributed by atoms with Crippen molar-refractivity contribution in [3.8, 4) is 5.75 Å². The van der Waals surface area contributed by atoms with Crippen LogP contribution in [0.5, 0.6) is 5.75 Å². The highest BCUT2D eigenvalue weighted by atomic mass is 32.1. The van der Waals surface area contributed by atoms with E-state index >= 15 is 0 Å². The number of nitrogens with zero attached hydrogens (tertiary/aromatic N) is 2. The van der Waals surface area contributed by atoms with E-state index in [4.69, 9.17) is 9.72 Å². The molecular weight excluding hydrogens is 392 g/mol. The van der Waals surface area contributed by atoms with Crippen LogP contribution in [0.15, 0.2) is 66.7 Å². The highest BCUT2D eigenvalue weighted by Crippen LogP contribution is 2.34. The predicted molar refractivity (Wildman–Crippen MR) is 123 cm³/mol. The standard InChI is InChI=1S/C25H24N2O2S/c1-17-9-10-18(2)24-23(17)26-25(30-24)27(16-20-7-5-4-6-8-20)22(28)15-19-11-13-21(29-3)14-12-19/h4-14H,15-16H2,1-3H3. The van der Waals surface area contributed by atoms with Gasteiger partial charge in [0.1, 0.15) is 5.75 Å². The quantitative estimate of drug-likeness (QED) is 0.405. The smallest absolute Gasteiger partial charge is 0.233 e. The summed E-state index contributed by atoms with van der Waals surface area (Å²) in [5, 5.41) is 0.741. The second kappa shape index (κ2) is 8.67. The number of ether oxygens (including phenoxy) is 1. The molecule has 0 saturated carbocycles. The molecule has 1 heterocycles. The van der Waals surface area contributed by atoms with E-state index in [0.717, 1.165) is 37.8 Å². The van der Waals surface area contributed by atoms with Crippen molar-refractivity contribution in [1.29, 1.82) is 0 Å². The Balaban J connectivity index is 1.69. The Morgan fingerprint density at radius 3 is 2.30 bits per heavy atom. The second-order valence-corrected chi connectivity index (χ2v) is 8.34. The third-order valence-corrected chi connectivity index (χ3v) is 6.37. The molecule has 0 aliphatic carbocycles. The Bertz CT molecular complexity index is 1130. The number of anilines is 1. The first kappa shape index (κ1) is 20.1. The average Bonchev–Trinajstić information content (AvgIpc) is 3.22. The Morgan fingerprint density at radius 2 is 1.63 bits per heavy atom. The maximum Gasteiger partial charge on any atom is 0.233 e. The Kier molecular flexibility index (Phi) is 5.81. The zero-order chi connectivity index (χ0) is 21.1. The van der Waals surface area contributed by atoms with Crippen LogP contribution in [0.1, 0.15) is 22.3 Å². The van der Waals surface area contributed by atoms with Gasteiger partial charge in [-0.2, -0.15) is 0 Å². The van der Waals surface area contributed by atoms with E-state index in [0.29, 0.717) is 13.0 Å². The Labute approximate surface area is 180 Å². The Hall–Kier alpha value is -3.18. The van der Waals surface area contributed by atoms with E-state index in [1.54, 1.807) is 18.4 Å². The zero-order valence-electron chi connectivity index (χ0n) is 17.4. The molecule has 0 spiro atoms. The summed E-state index contributed by atoms with van der Waals surface area (Å²) >= 11 is 1.58. The van der Waals surface area contributed by atoms with Crippen molar-refractivity contribution in [3.63, 3.8) is 0 Å². The van der Waals surface area contributed by atoms with Crippen LogP contribution in [-0.2, 0) is 17.8 Å². The number of aromatic nitrogens is 1. The molecule has 152 valence electrons. The molecule has 0 N–H and O–H groups in total. The van der Waals surface area contributed by atoms with Gasteiger partial charge in [-0.3, -0.25) is 9.69 Å².